The Morgan fingerprint density at radius 3 is 2.46 bits per heavy atom. The minimum atomic E-state index is -3.09. The van der Waals surface area contributed by atoms with Gasteiger partial charge in [0.05, 0.1) is 18.1 Å². The molecule has 28 heavy (non-hydrogen) atoms. The Morgan fingerprint density at radius 2 is 1.86 bits per heavy atom. The highest BCUT2D eigenvalue weighted by molar-refractivity contribution is 7.91. The Hall–Kier alpha value is -2.60. The maximum absolute atomic E-state index is 12.9. The van der Waals surface area contributed by atoms with Gasteiger partial charge in [0.15, 0.2) is 9.84 Å². The van der Waals surface area contributed by atoms with Gasteiger partial charge in [-0.3, -0.25) is 4.79 Å². The molecule has 0 aliphatic carbocycles. The minimum absolute atomic E-state index is 0.0228. The smallest absolute Gasteiger partial charge is 0.247 e. The van der Waals surface area contributed by atoms with Crippen LogP contribution in [0.5, 0.6) is 5.75 Å². The lowest BCUT2D eigenvalue weighted by Gasteiger charge is -2.27. The number of benzene rings is 2. The molecular weight excluding hydrogens is 374 g/mol. The number of hydrogen-bond acceptors (Lipinski definition) is 4. The van der Waals surface area contributed by atoms with Gasteiger partial charge in [-0.15, -0.1) is 0 Å². The van der Waals surface area contributed by atoms with E-state index < -0.39 is 9.84 Å². The number of sulfone groups is 1. The highest BCUT2D eigenvalue weighted by atomic mass is 32.2. The zero-order valence-corrected chi connectivity index (χ0v) is 16.8. The van der Waals surface area contributed by atoms with E-state index in [4.69, 9.17) is 4.74 Å². The van der Waals surface area contributed by atoms with E-state index in [0.29, 0.717) is 19.6 Å². The molecule has 1 saturated heterocycles. The second kappa shape index (κ2) is 9.06. The van der Waals surface area contributed by atoms with E-state index in [2.05, 4.69) is 0 Å². The third-order valence-corrected chi connectivity index (χ3v) is 6.49. The lowest BCUT2D eigenvalue weighted by molar-refractivity contribution is -0.128. The highest BCUT2D eigenvalue weighted by Gasteiger charge is 2.34. The highest BCUT2D eigenvalue weighted by Crippen LogP contribution is 2.22. The summed E-state index contributed by atoms with van der Waals surface area (Å²) >= 11 is 0. The molecule has 6 heteroatoms. The molecule has 1 aliphatic heterocycles. The minimum Gasteiger partial charge on any atom is -0.494 e. The van der Waals surface area contributed by atoms with Gasteiger partial charge < -0.3 is 9.64 Å². The molecule has 0 N–H and O–H groups in total. The van der Waals surface area contributed by atoms with Gasteiger partial charge in [0.1, 0.15) is 5.75 Å². The standard InChI is InChI=1S/C22H25NO4S/c1-2-27-21-11-8-19(9-12-21)16-23(20-14-15-28(25,26)17-20)22(24)13-10-18-6-4-3-5-7-18/h3-13,20H,2,14-17H2,1H3/b13-10+. The lowest BCUT2D eigenvalue weighted by atomic mass is 10.1. The van der Waals surface area contributed by atoms with Crippen LogP contribution in [0.4, 0.5) is 0 Å². The molecule has 1 aliphatic rings. The molecule has 1 atom stereocenters. The topological polar surface area (TPSA) is 63.7 Å². The first-order valence-electron chi connectivity index (χ1n) is 9.43. The lowest BCUT2D eigenvalue weighted by Crippen LogP contribution is -2.39. The van der Waals surface area contributed by atoms with Crippen LogP contribution in [0.1, 0.15) is 24.5 Å². The first-order chi connectivity index (χ1) is 13.5. The summed E-state index contributed by atoms with van der Waals surface area (Å²) in [5.74, 6) is 0.749. The van der Waals surface area contributed by atoms with Crippen molar-refractivity contribution in [2.75, 3.05) is 18.1 Å². The van der Waals surface area contributed by atoms with Gasteiger partial charge in [0.2, 0.25) is 5.91 Å². The van der Waals surface area contributed by atoms with Crippen molar-refractivity contribution in [3.63, 3.8) is 0 Å². The molecule has 148 valence electrons. The van der Waals surface area contributed by atoms with Crippen molar-refractivity contribution in [3.8, 4) is 5.75 Å². The van der Waals surface area contributed by atoms with Crippen LogP contribution in [-0.4, -0.2) is 43.4 Å². The summed E-state index contributed by atoms with van der Waals surface area (Å²) in [6.07, 6.45) is 3.76. The fraction of sp³-hybridized carbons (Fsp3) is 0.318. The first-order valence-corrected chi connectivity index (χ1v) is 11.2. The molecule has 2 aromatic rings. The second-order valence-electron chi connectivity index (χ2n) is 6.84. The van der Waals surface area contributed by atoms with Gasteiger partial charge in [-0.05, 0) is 42.7 Å². The Kier molecular flexibility index (Phi) is 6.52. The molecule has 0 saturated carbocycles. The van der Waals surface area contributed by atoms with Gasteiger partial charge in [0.25, 0.3) is 0 Å². The summed E-state index contributed by atoms with van der Waals surface area (Å²) in [6, 6.07) is 16.8. The Labute approximate surface area is 166 Å². The second-order valence-corrected chi connectivity index (χ2v) is 9.07. The molecule has 1 fully saturated rings. The molecule has 0 bridgehead atoms. The van der Waals surface area contributed by atoms with Crippen LogP contribution in [0.2, 0.25) is 0 Å². The molecule has 3 rings (SSSR count). The van der Waals surface area contributed by atoms with Crippen molar-refractivity contribution in [1.29, 1.82) is 0 Å². The van der Waals surface area contributed by atoms with E-state index in [1.807, 2.05) is 61.5 Å². The maximum atomic E-state index is 12.9. The van der Waals surface area contributed by atoms with Crippen LogP contribution in [0.15, 0.2) is 60.7 Å². The predicted molar refractivity (Wildman–Crippen MR) is 111 cm³/mol. The van der Waals surface area contributed by atoms with Crippen LogP contribution in [-0.2, 0) is 21.2 Å². The van der Waals surface area contributed by atoms with Crippen LogP contribution < -0.4 is 4.74 Å². The summed E-state index contributed by atoms with van der Waals surface area (Å²) in [6.45, 7) is 2.88. The summed E-state index contributed by atoms with van der Waals surface area (Å²) in [5, 5.41) is 0. The first kappa shape index (κ1) is 20.1. The Bertz CT molecular complexity index is 921. The van der Waals surface area contributed by atoms with Gasteiger partial charge >= 0.3 is 0 Å². The van der Waals surface area contributed by atoms with E-state index in [9.17, 15) is 13.2 Å². The normalized spacial score (nSPS) is 18.2. The van der Waals surface area contributed by atoms with Crippen molar-refractivity contribution in [3.05, 3.63) is 71.8 Å². The summed E-state index contributed by atoms with van der Waals surface area (Å²) in [4.78, 5) is 14.6. The van der Waals surface area contributed by atoms with Crippen molar-refractivity contribution >= 4 is 21.8 Å². The summed E-state index contributed by atoms with van der Waals surface area (Å²) in [7, 11) is -3.09. The number of ether oxygens (including phenoxy) is 1. The fourth-order valence-corrected chi connectivity index (χ4v) is 5.02. The maximum Gasteiger partial charge on any atom is 0.247 e. The average molecular weight is 400 g/mol. The van der Waals surface area contributed by atoms with E-state index in [1.165, 1.54) is 6.08 Å². The van der Waals surface area contributed by atoms with E-state index in [0.717, 1.165) is 16.9 Å². The number of rotatable bonds is 7. The number of carbonyl (C=O) groups is 1. The summed E-state index contributed by atoms with van der Waals surface area (Å²) < 4.78 is 29.3. The van der Waals surface area contributed by atoms with E-state index in [-0.39, 0.29) is 23.5 Å². The molecule has 1 amide bonds. The zero-order chi connectivity index (χ0) is 20.0. The van der Waals surface area contributed by atoms with E-state index in [1.54, 1.807) is 11.0 Å². The quantitative estimate of drug-likeness (QED) is 0.670. The van der Waals surface area contributed by atoms with Crippen LogP contribution in [0.25, 0.3) is 6.08 Å². The van der Waals surface area contributed by atoms with Crippen molar-refractivity contribution < 1.29 is 17.9 Å². The third kappa shape index (κ3) is 5.45. The molecule has 0 radical (unpaired) electrons. The predicted octanol–water partition coefficient (Wildman–Crippen LogP) is 3.31. The molecule has 1 unspecified atom stereocenters. The molecule has 0 spiro atoms. The molecule has 1 heterocycles. The zero-order valence-electron chi connectivity index (χ0n) is 16.0. The third-order valence-electron chi connectivity index (χ3n) is 4.74. The number of hydrogen-bond donors (Lipinski definition) is 0. The van der Waals surface area contributed by atoms with Crippen molar-refractivity contribution in [1.82, 2.24) is 4.90 Å². The van der Waals surface area contributed by atoms with Gasteiger partial charge in [-0.1, -0.05) is 42.5 Å². The molecule has 2 aromatic carbocycles. The van der Waals surface area contributed by atoms with Crippen molar-refractivity contribution in [2.24, 2.45) is 0 Å². The SMILES string of the molecule is CCOc1ccc(CN(C(=O)/C=C/c2ccccc2)C2CCS(=O)(=O)C2)cc1. The molecule has 5 nitrogen and oxygen atoms in total. The Balaban J connectivity index is 1.78. The Morgan fingerprint density at radius 1 is 1.14 bits per heavy atom. The summed E-state index contributed by atoms with van der Waals surface area (Å²) in [5.41, 5.74) is 1.87. The molecular formula is C22H25NO4S. The monoisotopic (exact) mass is 399 g/mol. The van der Waals surface area contributed by atoms with Gasteiger partial charge in [0, 0.05) is 18.7 Å². The average Bonchev–Trinajstić information content (AvgIpc) is 3.06. The van der Waals surface area contributed by atoms with Crippen LogP contribution in [0, 0.1) is 0 Å². The van der Waals surface area contributed by atoms with Gasteiger partial charge in [-0.25, -0.2) is 8.42 Å². The van der Waals surface area contributed by atoms with Crippen LogP contribution >= 0.6 is 0 Å². The number of nitrogens with zero attached hydrogens (tertiary/aromatic N) is 1. The number of carbonyl (C=O) groups excluding carboxylic acids is 1. The van der Waals surface area contributed by atoms with Crippen LogP contribution in [0.3, 0.4) is 0 Å². The van der Waals surface area contributed by atoms with Crippen molar-refractivity contribution in [2.45, 2.75) is 25.9 Å². The van der Waals surface area contributed by atoms with Gasteiger partial charge in [-0.2, -0.15) is 0 Å². The largest absolute Gasteiger partial charge is 0.494 e. The number of amides is 1. The van der Waals surface area contributed by atoms with E-state index >= 15 is 0 Å². The molecule has 0 aromatic heterocycles. The fourth-order valence-electron chi connectivity index (χ4n) is 3.29.